The fourth-order valence-corrected chi connectivity index (χ4v) is 17.5. The van der Waals surface area contributed by atoms with E-state index in [4.69, 9.17) is 30.9 Å². The van der Waals surface area contributed by atoms with E-state index >= 15 is 0 Å². The van der Waals surface area contributed by atoms with Gasteiger partial charge in [0.1, 0.15) is 0 Å². The number of fused-ring (bicyclic) bond motifs is 20. The van der Waals surface area contributed by atoms with Crippen LogP contribution < -0.4 is 15.3 Å². The van der Waals surface area contributed by atoms with Gasteiger partial charge in [0.25, 0.3) is 0 Å². The lowest BCUT2D eigenvalue weighted by Gasteiger charge is -2.45. The Bertz CT molecular complexity index is 6000. The zero-order valence-electron chi connectivity index (χ0n) is 58.9. The van der Waals surface area contributed by atoms with Gasteiger partial charge in [-0.15, -0.1) is 0 Å². The van der Waals surface area contributed by atoms with Crippen molar-refractivity contribution in [3.8, 4) is 56.2 Å². The Labute approximate surface area is 622 Å². The van der Waals surface area contributed by atoms with E-state index in [0.717, 1.165) is 72.5 Å². The molecule has 5 heterocycles. The number of nitrogens with zero attached hydrogens (tertiary/aromatic N) is 6. The number of hydrogen-bond donors (Lipinski definition) is 0. The topological polar surface area (TPSA) is 76.5 Å². The van der Waals surface area contributed by atoms with E-state index in [1.54, 1.807) is 0 Å². The van der Waals surface area contributed by atoms with Crippen LogP contribution in [0.2, 0.25) is 5.28 Å². The van der Waals surface area contributed by atoms with Gasteiger partial charge in [0.15, 0.2) is 5.82 Å². The molecule has 0 bridgehead atoms. The summed E-state index contributed by atoms with van der Waals surface area (Å²) in [7, 11) is -0.479. The van der Waals surface area contributed by atoms with Crippen molar-refractivity contribution in [2.45, 2.75) is 49.7 Å². The van der Waals surface area contributed by atoms with Crippen LogP contribution in [0.25, 0.3) is 78.0 Å². The summed E-state index contributed by atoms with van der Waals surface area (Å²) in [5.41, 5.74) is 27.9. The number of halogens is 1. The van der Waals surface area contributed by atoms with Crippen molar-refractivity contribution in [1.82, 2.24) is 19.9 Å². The van der Waals surface area contributed by atoms with E-state index in [-0.39, 0.29) is 5.28 Å². The van der Waals surface area contributed by atoms with Crippen molar-refractivity contribution in [3.63, 3.8) is 0 Å². The van der Waals surface area contributed by atoms with Crippen LogP contribution in [0.1, 0.15) is 72.2 Å². The summed E-state index contributed by atoms with van der Waals surface area (Å²) in [5, 5.41) is 2.34. The molecule has 0 atom stereocenters. The zero-order chi connectivity index (χ0) is 71.3. The van der Waals surface area contributed by atoms with Crippen LogP contribution in [0.3, 0.4) is 0 Å². The van der Waals surface area contributed by atoms with Crippen molar-refractivity contribution in [3.05, 3.63) is 402 Å². The summed E-state index contributed by atoms with van der Waals surface area (Å²) < 4.78 is 13.5. The summed E-state index contributed by atoms with van der Waals surface area (Å²) in [5.74, 6) is 0.733. The minimum Gasteiger partial charge on any atom is -0.399 e. The minimum absolute atomic E-state index is 0.280. The second-order valence-electron chi connectivity index (χ2n) is 28.6. The number of aromatic nitrogens is 4. The predicted molar refractivity (Wildman–Crippen MR) is 434 cm³/mol. The van der Waals surface area contributed by atoms with Gasteiger partial charge >= 0.3 is 7.12 Å². The van der Waals surface area contributed by atoms with Gasteiger partial charge in [-0.25, -0.2) is 19.9 Å². The Morgan fingerprint density at radius 3 is 1.10 bits per heavy atom. The molecule has 2 aliphatic carbocycles. The Hall–Kier alpha value is -12.4. The maximum Gasteiger partial charge on any atom is 0.495 e. The molecule has 3 aliphatic heterocycles. The SMILES string of the molecule is CC1(C)OB(c2cccc3c2C2(c4ccccc4-3)c3ccccc3N(c3ccccc3)c3ccccc32)OC1(C)C.Clc1nc(-c2ccccc2)c2ccccc2n1.c1ccc(-c2nc(-c3cccc4c3C3(c5ccccc5-4)c4ccccc4N(c4ccccc4)c4ccccc43)nc3ccccc23)cc1. The molecular weight excluding hydrogens is 1320 g/mol. The van der Waals surface area contributed by atoms with E-state index < -0.39 is 29.2 Å². The van der Waals surface area contributed by atoms with Crippen molar-refractivity contribution >= 4 is 80.1 Å². The van der Waals surface area contributed by atoms with E-state index in [2.05, 4.69) is 345 Å². The van der Waals surface area contributed by atoms with E-state index in [1.807, 2.05) is 54.6 Å². The molecule has 2 aromatic heterocycles. The van der Waals surface area contributed by atoms with Gasteiger partial charge in [-0.05, 0) is 172 Å². The summed E-state index contributed by atoms with van der Waals surface area (Å²) in [6.07, 6.45) is 0. The summed E-state index contributed by atoms with van der Waals surface area (Å²) >= 11 is 5.95. The molecule has 10 heteroatoms. The van der Waals surface area contributed by atoms with Crippen LogP contribution in [-0.4, -0.2) is 38.3 Å². The summed E-state index contributed by atoms with van der Waals surface area (Å²) in [6, 6.07) is 125. The van der Waals surface area contributed by atoms with Crippen LogP contribution >= 0.6 is 11.6 Å². The fourth-order valence-electron chi connectivity index (χ4n) is 17.3. The summed E-state index contributed by atoms with van der Waals surface area (Å²) in [4.78, 5) is 24.1. The Morgan fingerprint density at radius 1 is 0.292 bits per heavy atom. The van der Waals surface area contributed by atoms with E-state index in [1.165, 1.54) is 89.5 Å². The molecule has 1 fully saturated rings. The lowest BCUT2D eigenvalue weighted by molar-refractivity contribution is 0.00578. The molecule has 0 radical (unpaired) electrons. The standard InChI is InChI=1S/C45H29N3.C37H32BNO2.C14H9ClN2/c1-3-16-30(17-4-1)43-34-21-8-12-27-39(34)46-44(47-43)35-23-15-22-33-32-20-7-9-24-36(32)45(42(33)35)37-25-10-13-28-40(37)48(31-18-5-2-6-19-31)41-29-14-11-26-38(41)45;1-35(2)36(3,4)41-38(40-35)31-22-14-18-27-26-17-8-9-19-28(26)37(34(27)31)29-20-10-12-23-32(29)39(25-15-6-5-7-16-25)33-24-13-11-21-30(33)37;15-14-16-12-9-5-4-8-11(12)13(17-14)10-6-2-1-3-7-10/h1-29H;5-24H,1-4H3;1-9H. The van der Waals surface area contributed by atoms with Crippen LogP contribution in [0.15, 0.2) is 352 Å². The molecule has 2 spiro atoms. The normalized spacial score (nSPS) is 15.0. The van der Waals surface area contributed by atoms with Crippen LogP contribution in [0, 0.1) is 0 Å². The molecule has 1 saturated heterocycles. The largest absolute Gasteiger partial charge is 0.495 e. The number of benzene rings is 14. The fraction of sp³-hybridized carbons (Fsp3) is 0.0833. The Balaban J connectivity index is 0.000000120. The molecule has 16 aromatic rings. The lowest BCUT2D eigenvalue weighted by Crippen LogP contribution is -2.44. The first-order chi connectivity index (χ1) is 52.0. The van der Waals surface area contributed by atoms with Crippen LogP contribution in [-0.2, 0) is 20.1 Å². The van der Waals surface area contributed by atoms with Gasteiger partial charge in [-0.2, -0.15) is 0 Å². The second kappa shape index (κ2) is 25.5. The van der Waals surface area contributed by atoms with E-state index in [0.29, 0.717) is 0 Å². The predicted octanol–water partition coefficient (Wildman–Crippen LogP) is 23.2. The third-order valence-electron chi connectivity index (χ3n) is 22.4. The van der Waals surface area contributed by atoms with Gasteiger partial charge in [-0.1, -0.05) is 291 Å². The monoisotopic (exact) mass is 1380 g/mol. The highest BCUT2D eigenvalue weighted by molar-refractivity contribution is 6.63. The molecule has 0 N–H and O–H groups in total. The van der Waals surface area contributed by atoms with E-state index in [9.17, 15) is 0 Å². The number of anilines is 6. The number of hydrogen-bond acceptors (Lipinski definition) is 8. The lowest BCUT2D eigenvalue weighted by atomic mass is 9.60. The Morgan fingerprint density at radius 2 is 0.632 bits per heavy atom. The van der Waals surface area contributed by atoms with Gasteiger partial charge < -0.3 is 19.1 Å². The average molecular weight is 1390 g/mol. The molecule has 5 aliphatic rings. The number of para-hydroxylation sites is 8. The van der Waals surface area contributed by atoms with Crippen molar-refractivity contribution < 1.29 is 9.31 Å². The van der Waals surface area contributed by atoms with Gasteiger partial charge in [0.05, 0.1) is 67.2 Å². The maximum absolute atomic E-state index is 6.74. The second-order valence-corrected chi connectivity index (χ2v) is 28.9. The molecule has 0 amide bonds. The van der Waals surface area contributed by atoms with Crippen molar-refractivity contribution in [2.75, 3.05) is 9.80 Å². The number of rotatable bonds is 6. The smallest absolute Gasteiger partial charge is 0.399 e. The minimum atomic E-state index is -0.594. The first-order valence-corrected chi connectivity index (χ1v) is 36.6. The van der Waals surface area contributed by atoms with Gasteiger partial charge in [-0.3, -0.25) is 0 Å². The first-order valence-electron chi connectivity index (χ1n) is 36.2. The third-order valence-corrected chi connectivity index (χ3v) is 22.6. The average Bonchev–Trinajstić information content (AvgIpc) is 1.46. The third kappa shape index (κ3) is 9.98. The van der Waals surface area contributed by atoms with Gasteiger partial charge in [0.2, 0.25) is 5.28 Å². The van der Waals surface area contributed by atoms with Gasteiger partial charge in [0, 0.05) is 38.8 Å². The van der Waals surface area contributed by atoms with Crippen LogP contribution in [0.5, 0.6) is 0 Å². The Kier molecular flexibility index (Phi) is 15.5. The van der Waals surface area contributed by atoms with Crippen LogP contribution in [0.4, 0.5) is 34.1 Å². The molecule has 506 valence electrons. The molecular formula is C96H70BClN6O2. The quantitative estimate of drug-likeness (QED) is 0.120. The first kappa shape index (κ1) is 64.5. The highest BCUT2D eigenvalue weighted by Gasteiger charge is 2.58. The van der Waals surface area contributed by atoms with Crippen molar-refractivity contribution in [2.24, 2.45) is 0 Å². The molecule has 0 saturated carbocycles. The zero-order valence-corrected chi connectivity index (χ0v) is 59.7. The summed E-state index contributed by atoms with van der Waals surface area (Å²) in [6.45, 7) is 8.51. The molecule has 14 aromatic carbocycles. The molecule has 0 unspecified atom stereocenters. The molecule has 8 nitrogen and oxygen atoms in total. The molecule has 21 rings (SSSR count). The van der Waals surface area contributed by atoms with Crippen molar-refractivity contribution in [1.29, 1.82) is 0 Å². The maximum atomic E-state index is 6.74. The highest BCUT2D eigenvalue weighted by atomic mass is 35.5. The molecule has 106 heavy (non-hydrogen) atoms. The highest BCUT2D eigenvalue weighted by Crippen LogP contribution is 2.66.